The Bertz CT molecular complexity index is 217. The minimum Gasteiger partial charge on any atom is -0.376 e. The van der Waals surface area contributed by atoms with Crippen LogP contribution in [0.5, 0.6) is 0 Å². The molecule has 0 radical (unpaired) electrons. The molecule has 0 saturated carbocycles. The molecule has 0 aliphatic carbocycles. The maximum atomic E-state index is 5.86. The van der Waals surface area contributed by atoms with Crippen LogP contribution in [0.3, 0.4) is 0 Å². The summed E-state index contributed by atoms with van der Waals surface area (Å²) in [5, 5.41) is 0. The van der Waals surface area contributed by atoms with Crippen LogP contribution in [-0.2, 0) is 4.74 Å². The first kappa shape index (κ1) is 14.0. The van der Waals surface area contributed by atoms with Gasteiger partial charge in [0.1, 0.15) is 0 Å². The highest BCUT2D eigenvalue weighted by Crippen LogP contribution is 2.37. The molecule has 0 spiro atoms. The molecule has 0 aromatic rings. The first-order valence-corrected chi connectivity index (χ1v) is 6.48. The van der Waals surface area contributed by atoms with Gasteiger partial charge in [0.05, 0.1) is 12.7 Å². The fraction of sp³-hybridized carbons (Fsp3) is 1.00. The molecule has 1 saturated heterocycles. The van der Waals surface area contributed by atoms with Crippen LogP contribution in [-0.4, -0.2) is 37.7 Å². The Morgan fingerprint density at radius 2 is 1.81 bits per heavy atom. The molecule has 1 unspecified atom stereocenters. The molecule has 1 rings (SSSR count). The Morgan fingerprint density at radius 1 is 1.19 bits per heavy atom. The van der Waals surface area contributed by atoms with Crippen molar-refractivity contribution in [3.05, 3.63) is 0 Å². The smallest absolute Gasteiger partial charge is 0.0707 e. The van der Waals surface area contributed by atoms with Crippen molar-refractivity contribution in [1.82, 2.24) is 4.90 Å². The van der Waals surface area contributed by atoms with Gasteiger partial charge in [-0.1, -0.05) is 34.6 Å². The molecule has 1 fully saturated rings. The predicted molar refractivity (Wildman–Crippen MR) is 69.7 cm³/mol. The van der Waals surface area contributed by atoms with Crippen LogP contribution >= 0.6 is 0 Å². The molecule has 1 atom stereocenters. The molecule has 96 valence electrons. The molecule has 0 amide bonds. The van der Waals surface area contributed by atoms with Crippen molar-refractivity contribution in [3.8, 4) is 0 Å². The van der Waals surface area contributed by atoms with Crippen LogP contribution in [0, 0.1) is 10.8 Å². The predicted octanol–water partition coefficient (Wildman–Crippen LogP) is 3.17. The average molecular weight is 227 g/mol. The van der Waals surface area contributed by atoms with E-state index in [-0.39, 0.29) is 0 Å². The van der Waals surface area contributed by atoms with E-state index in [0.717, 1.165) is 19.7 Å². The van der Waals surface area contributed by atoms with Crippen LogP contribution in [0.1, 0.15) is 47.5 Å². The average Bonchev–Trinajstić information content (AvgIpc) is 1.96. The number of hydrogen-bond acceptors (Lipinski definition) is 2. The van der Waals surface area contributed by atoms with Gasteiger partial charge in [0.2, 0.25) is 0 Å². The van der Waals surface area contributed by atoms with E-state index in [1.807, 2.05) is 0 Å². The molecule has 1 aliphatic rings. The van der Waals surface area contributed by atoms with Crippen LogP contribution < -0.4 is 0 Å². The summed E-state index contributed by atoms with van der Waals surface area (Å²) in [6.07, 6.45) is 2.86. The van der Waals surface area contributed by atoms with Crippen LogP contribution in [0.4, 0.5) is 0 Å². The highest BCUT2D eigenvalue weighted by Gasteiger charge is 2.30. The van der Waals surface area contributed by atoms with E-state index in [9.17, 15) is 0 Å². The van der Waals surface area contributed by atoms with E-state index in [2.05, 4.69) is 46.6 Å². The van der Waals surface area contributed by atoms with Gasteiger partial charge in [0.25, 0.3) is 0 Å². The Balaban J connectivity index is 2.45. The van der Waals surface area contributed by atoms with Crippen molar-refractivity contribution < 1.29 is 4.74 Å². The van der Waals surface area contributed by atoms with Gasteiger partial charge in [-0.25, -0.2) is 0 Å². The largest absolute Gasteiger partial charge is 0.376 e. The van der Waals surface area contributed by atoms with Gasteiger partial charge >= 0.3 is 0 Å². The maximum Gasteiger partial charge on any atom is 0.0707 e. The molecule has 1 heterocycles. The molecule has 2 nitrogen and oxygen atoms in total. The number of nitrogens with zero attached hydrogens (tertiary/aromatic N) is 1. The molecule has 0 aromatic heterocycles. The topological polar surface area (TPSA) is 12.5 Å². The Hall–Kier alpha value is -0.0800. The SMILES string of the molecule is CN1CCOC(CC(C)(C)CC(C)(C)C)C1. The zero-order valence-electron chi connectivity index (χ0n) is 12.0. The number of rotatable bonds is 3. The Kier molecular flexibility index (Phi) is 4.42. The molecule has 16 heavy (non-hydrogen) atoms. The van der Waals surface area contributed by atoms with E-state index in [1.54, 1.807) is 0 Å². The summed E-state index contributed by atoms with van der Waals surface area (Å²) in [5.41, 5.74) is 0.783. The summed E-state index contributed by atoms with van der Waals surface area (Å²) in [4.78, 5) is 2.38. The first-order chi connectivity index (χ1) is 7.18. The van der Waals surface area contributed by atoms with Gasteiger partial charge in [-0.2, -0.15) is 0 Å². The third-order valence-corrected chi connectivity index (χ3v) is 3.13. The van der Waals surface area contributed by atoms with Gasteiger partial charge < -0.3 is 9.64 Å². The van der Waals surface area contributed by atoms with Gasteiger partial charge in [-0.3, -0.25) is 0 Å². The molecular weight excluding hydrogens is 198 g/mol. The van der Waals surface area contributed by atoms with Crippen molar-refractivity contribution in [1.29, 1.82) is 0 Å². The monoisotopic (exact) mass is 227 g/mol. The number of ether oxygens (including phenoxy) is 1. The zero-order valence-corrected chi connectivity index (χ0v) is 12.0. The van der Waals surface area contributed by atoms with Crippen LogP contribution in [0.25, 0.3) is 0 Å². The second kappa shape index (κ2) is 5.05. The van der Waals surface area contributed by atoms with E-state index in [0.29, 0.717) is 16.9 Å². The highest BCUT2D eigenvalue weighted by molar-refractivity contribution is 4.81. The second-order valence-corrected chi connectivity index (χ2v) is 7.36. The molecule has 2 heteroatoms. The molecule has 0 N–H and O–H groups in total. The van der Waals surface area contributed by atoms with Crippen molar-refractivity contribution in [3.63, 3.8) is 0 Å². The Morgan fingerprint density at radius 3 is 2.31 bits per heavy atom. The highest BCUT2D eigenvalue weighted by atomic mass is 16.5. The van der Waals surface area contributed by atoms with Gasteiger partial charge in [-0.15, -0.1) is 0 Å². The number of hydrogen-bond donors (Lipinski definition) is 0. The lowest BCUT2D eigenvalue weighted by molar-refractivity contribution is -0.0440. The standard InChI is InChI=1S/C14H29NO/c1-13(2,3)11-14(4,5)9-12-10-15(6)7-8-16-12/h12H,7-11H2,1-6H3. The quantitative estimate of drug-likeness (QED) is 0.734. The van der Waals surface area contributed by atoms with Crippen molar-refractivity contribution in [2.75, 3.05) is 26.7 Å². The third-order valence-electron chi connectivity index (χ3n) is 3.13. The normalized spacial score (nSPS) is 24.8. The minimum absolute atomic E-state index is 0.376. The lowest BCUT2D eigenvalue weighted by atomic mass is 9.73. The fourth-order valence-electron chi connectivity index (χ4n) is 3.11. The van der Waals surface area contributed by atoms with Crippen molar-refractivity contribution in [2.24, 2.45) is 10.8 Å². The zero-order chi connectivity index (χ0) is 12.4. The van der Waals surface area contributed by atoms with E-state index in [1.165, 1.54) is 12.8 Å². The lowest BCUT2D eigenvalue weighted by Crippen LogP contribution is -2.42. The van der Waals surface area contributed by atoms with Crippen LogP contribution in [0.15, 0.2) is 0 Å². The van der Waals surface area contributed by atoms with Crippen molar-refractivity contribution >= 4 is 0 Å². The van der Waals surface area contributed by atoms with E-state index >= 15 is 0 Å². The summed E-state index contributed by atoms with van der Waals surface area (Å²) in [6, 6.07) is 0. The van der Waals surface area contributed by atoms with E-state index < -0.39 is 0 Å². The summed E-state index contributed by atoms with van der Waals surface area (Å²) in [5.74, 6) is 0. The lowest BCUT2D eigenvalue weighted by Gasteiger charge is -2.38. The summed E-state index contributed by atoms with van der Waals surface area (Å²) in [6.45, 7) is 14.8. The minimum atomic E-state index is 0.376. The Labute approximate surface area is 101 Å². The summed E-state index contributed by atoms with van der Waals surface area (Å²) >= 11 is 0. The third kappa shape index (κ3) is 5.31. The van der Waals surface area contributed by atoms with Gasteiger partial charge in [-0.05, 0) is 30.7 Å². The summed E-state index contributed by atoms with van der Waals surface area (Å²) in [7, 11) is 2.19. The van der Waals surface area contributed by atoms with Gasteiger partial charge in [0, 0.05) is 13.1 Å². The van der Waals surface area contributed by atoms with Crippen LogP contribution in [0.2, 0.25) is 0 Å². The van der Waals surface area contributed by atoms with Crippen molar-refractivity contribution in [2.45, 2.75) is 53.6 Å². The second-order valence-electron chi connectivity index (χ2n) is 7.36. The summed E-state index contributed by atoms with van der Waals surface area (Å²) < 4.78 is 5.86. The molecular formula is C14H29NO. The number of morpholine rings is 1. The first-order valence-electron chi connectivity index (χ1n) is 6.48. The molecule has 1 aliphatic heterocycles. The number of likely N-dealkylation sites (N-methyl/N-ethyl adjacent to an activating group) is 1. The molecule has 0 bridgehead atoms. The van der Waals surface area contributed by atoms with Gasteiger partial charge in [0.15, 0.2) is 0 Å². The van der Waals surface area contributed by atoms with E-state index in [4.69, 9.17) is 4.74 Å². The fourth-order valence-corrected chi connectivity index (χ4v) is 3.11. The maximum absolute atomic E-state index is 5.86. The molecule has 0 aromatic carbocycles.